The third kappa shape index (κ3) is 3.69. The number of ether oxygens (including phenoxy) is 3. The second kappa shape index (κ2) is 7.53. The number of esters is 1. The van der Waals surface area contributed by atoms with E-state index in [9.17, 15) is 19.5 Å². The van der Waals surface area contributed by atoms with Gasteiger partial charge in [-0.05, 0) is 6.92 Å². The number of aromatic amines is 1. The normalized spacial score (nSPS) is 27.1. The molecule has 1 aliphatic heterocycles. The Morgan fingerprint density at radius 3 is 2.78 bits per heavy atom. The van der Waals surface area contributed by atoms with Crippen LogP contribution < -0.4 is 11.2 Å². The molecule has 0 spiro atoms. The molecule has 0 radical (unpaired) electrons. The summed E-state index contributed by atoms with van der Waals surface area (Å²) in [6, 6.07) is 1.18. The fourth-order valence-corrected chi connectivity index (χ4v) is 2.76. The first kappa shape index (κ1) is 17.4. The maximum atomic E-state index is 11.9. The smallest absolute Gasteiger partial charge is 0.330 e. The number of aliphatic hydroxyl groups excluding tert-OH is 1. The molecule has 1 saturated heterocycles. The highest BCUT2D eigenvalue weighted by Gasteiger charge is 2.46. The van der Waals surface area contributed by atoms with Gasteiger partial charge in [-0.1, -0.05) is 0 Å². The van der Waals surface area contributed by atoms with Crippen molar-refractivity contribution in [1.29, 1.82) is 0 Å². The van der Waals surface area contributed by atoms with Gasteiger partial charge in [0, 0.05) is 25.3 Å². The predicted molar refractivity (Wildman–Crippen MR) is 77.9 cm³/mol. The number of aliphatic hydroxyl groups is 1. The summed E-state index contributed by atoms with van der Waals surface area (Å²) in [4.78, 5) is 37.0. The predicted octanol–water partition coefficient (Wildman–Crippen LogP) is -0.989. The van der Waals surface area contributed by atoms with Crippen LogP contribution in [0.4, 0.5) is 0 Å². The molecule has 9 nitrogen and oxygen atoms in total. The number of H-pyrrole nitrogens is 1. The van der Waals surface area contributed by atoms with Crippen LogP contribution in [-0.4, -0.2) is 53.2 Å². The van der Waals surface area contributed by atoms with Crippen molar-refractivity contribution in [3.63, 3.8) is 0 Å². The number of carbonyl (C=O) groups is 1. The maximum Gasteiger partial charge on any atom is 0.330 e. The second-order valence-corrected chi connectivity index (χ2v) is 5.14. The topological polar surface area (TPSA) is 120 Å². The number of aromatic nitrogens is 2. The Morgan fingerprint density at radius 2 is 2.22 bits per heavy atom. The molecule has 1 fully saturated rings. The molecule has 0 aromatic carbocycles. The van der Waals surface area contributed by atoms with Crippen LogP contribution in [0, 0.1) is 5.92 Å². The van der Waals surface area contributed by atoms with Gasteiger partial charge in [-0.15, -0.1) is 0 Å². The summed E-state index contributed by atoms with van der Waals surface area (Å²) < 4.78 is 17.2. The first-order valence-corrected chi connectivity index (χ1v) is 7.28. The molecule has 1 aromatic heterocycles. The quantitative estimate of drug-likeness (QED) is 0.643. The van der Waals surface area contributed by atoms with Gasteiger partial charge in [0.2, 0.25) is 0 Å². The van der Waals surface area contributed by atoms with E-state index in [0.29, 0.717) is 0 Å². The maximum absolute atomic E-state index is 11.9. The zero-order valence-corrected chi connectivity index (χ0v) is 12.9. The number of nitrogens with one attached hydrogen (secondary N) is 1. The summed E-state index contributed by atoms with van der Waals surface area (Å²) in [5.74, 6) is -0.913. The number of hydrogen-bond acceptors (Lipinski definition) is 7. The third-order valence-corrected chi connectivity index (χ3v) is 3.78. The summed E-state index contributed by atoms with van der Waals surface area (Å²) in [5, 5.41) is 9.49. The molecular weight excluding hydrogens is 308 g/mol. The number of hydrogen-bond donors (Lipinski definition) is 2. The van der Waals surface area contributed by atoms with Gasteiger partial charge >= 0.3 is 11.7 Å². The lowest BCUT2D eigenvalue weighted by molar-refractivity contribution is -0.145. The molecule has 4 atom stereocenters. The lowest BCUT2D eigenvalue weighted by atomic mass is 9.94. The van der Waals surface area contributed by atoms with Crippen LogP contribution in [-0.2, 0) is 19.0 Å². The number of rotatable bonds is 6. The molecule has 0 bridgehead atoms. The van der Waals surface area contributed by atoms with Crippen LogP contribution in [0.25, 0.3) is 0 Å². The SMILES string of the molecule is CCOC(=O)CC1C(OC)[C@H](n2ccc(=O)[nH]c2=O)O[C@@H]1CO. The summed E-state index contributed by atoms with van der Waals surface area (Å²) in [6.07, 6.45) is -0.917. The van der Waals surface area contributed by atoms with Crippen LogP contribution in [0.3, 0.4) is 0 Å². The van der Waals surface area contributed by atoms with Crippen molar-refractivity contribution in [2.24, 2.45) is 5.92 Å². The van der Waals surface area contributed by atoms with E-state index in [4.69, 9.17) is 14.2 Å². The minimum Gasteiger partial charge on any atom is -0.466 e. The van der Waals surface area contributed by atoms with Crippen LogP contribution in [0.2, 0.25) is 0 Å². The highest BCUT2D eigenvalue weighted by molar-refractivity contribution is 5.69. The monoisotopic (exact) mass is 328 g/mol. The van der Waals surface area contributed by atoms with E-state index in [1.807, 2.05) is 0 Å². The average molecular weight is 328 g/mol. The highest BCUT2D eigenvalue weighted by atomic mass is 16.6. The molecule has 0 aliphatic carbocycles. The van der Waals surface area contributed by atoms with Crippen molar-refractivity contribution >= 4 is 5.97 Å². The average Bonchev–Trinajstić information content (AvgIpc) is 2.84. The van der Waals surface area contributed by atoms with E-state index in [1.165, 1.54) is 23.9 Å². The zero-order chi connectivity index (χ0) is 17.0. The fourth-order valence-electron chi connectivity index (χ4n) is 2.76. The molecule has 0 saturated carbocycles. The number of methoxy groups -OCH3 is 1. The van der Waals surface area contributed by atoms with E-state index in [2.05, 4.69) is 4.98 Å². The molecule has 9 heteroatoms. The molecule has 2 unspecified atom stereocenters. The molecule has 128 valence electrons. The van der Waals surface area contributed by atoms with Crippen LogP contribution in [0.1, 0.15) is 19.6 Å². The molecule has 1 aliphatic rings. The Bertz CT molecular complexity index is 653. The van der Waals surface area contributed by atoms with Crippen LogP contribution >= 0.6 is 0 Å². The van der Waals surface area contributed by atoms with E-state index in [-0.39, 0.29) is 19.6 Å². The molecule has 0 amide bonds. The Morgan fingerprint density at radius 1 is 1.48 bits per heavy atom. The van der Waals surface area contributed by atoms with Gasteiger partial charge in [0.15, 0.2) is 6.23 Å². The molecule has 2 rings (SSSR count). The number of nitrogens with zero attached hydrogens (tertiary/aromatic N) is 1. The van der Waals surface area contributed by atoms with Gasteiger partial charge in [-0.3, -0.25) is 19.1 Å². The highest BCUT2D eigenvalue weighted by Crippen LogP contribution is 2.37. The minimum atomic E-state index is -0.860. The molecule has 23 heavy (non-hydrogen) atoms. The van der Waals surface area contributed by atoms with E-state index in [0.717, 1.165) is 0 Å². The Labute approximate surface area is 131 Å². The van der Waals surface area contributed by atoms with Crippen molar-refractivity contribution in [2.45, 2.75) is 31.8 Å². The second-order valence-electron chi connectivity index (χ2n) is 5.14. The Kier molecular flexibility index (Phi) is 5.69. The van der Waals surface area contributed by atoms with Crippen molar-refractivity contribution in [3.8, 4) is 0 Å². The number of carbonyl (C=O) groups excluding carboxylic acids is 1. The van der Waals surface area contributed by atoms with E-state index >= 15 is 0 Å². The Balaban J connectivity index is 2.29. The van der Waals surface area contributed by atoms with Crippen LogP contribution in [0.15, 0.2) is 21.9 Å². The zero-order valence-electron chi connectivity index (χ0n) is 12.9. The first-order chi connectivity index (χ1) is 11.0. The molecular formula is C14H20N2O7. The first-order valence-electron chi connectivity index (χ1n) is 7.28. The van der Waals surface area contributed by atoms with E-state index in [1.54, 1.807) is 6.92 Å². The van der Waals surface area contributed by atoms with Crippen molar-refractivity contribution < 1.29 is 24.1 Å². The summed E-state index contributed by atoms with van der Waals surface area (Å²) in [7, 11) is 1.43. The Hall–Kier alpha value is -1.97. The van der Waals surface area contributed by atoms with E-state index < -0.39 is 41.6 Å². The summed E-state index contributed by atoms with van der Waals surface area (Å²) >= 11 is 0. The lowest BCUT2D eigenvalue weighted by Crippen LogP contribution is -2.37. The van der Waals surface area contributed by atoms with Gasteiger partial charge in [0.25, 0.3) is 5.56 Å². The molecule has 2 N–H and O–H groups in total. The summed E-state index contributed by atoms with van der Waals surface area (Å²) in [6.45, 7) is 1.61. The molecule has 1 aromatic rings. The van der Waals surface area contributed by atoms with Gasteiger partial charge < -0.3 is 19.3 Å². The van der Waals surface area contributed by atoms with Crippen molar-refractivity contribution in [1.82, 2.24) is 9.55 Å². The fraction of sp³-hybridized carbons (Fsp3) is 0.643. The lowest BCUT2D eigenvalue weighted by Gasteiger charge is -2.22. The molecule has 2 heterocycles. The minimum absolute atomic E-state index is 0.00776. The van der Waals surface area contributed by atoms with Crippen molar-refractivity contribution in [3.05, 3.63) is 33.1 Å². The van der Waals surface area contributed by atoms with Gasteiger partial charge in [-0.25, -0.2) is 4.79 Å². The van der Waals surface area contributed by atoms with Gasteiger partial charge in [0.1, 0.15) is 6.10 Å². The van der Waals surface area contributed by atoms with Gasteiger partial charge in [-0.2, -0.15) is 0 Å². The van der Waals surface area contributed by atoms with Crippen LogP contribution in [0.5, 0.6) is 0 Å². The van der Waals surface area contributed by atoms with Crippen molar-refractivity contribution in [2.75, 3.05) is 20.3 Å². The van der Waals surface area contributed by atoms with Gasteiger partial charge in [0.05, 0.1) is 25.7 Å². The largest absolute Gasteiger partial charge is 0.466 e. The standard InChI is InChI=1S/C14H20N2O7/c1-3-22-11(19)6-8-9(7-17)23-13(12(8)21-2)16-5-4-10(18)15-14(16)20/h4-5,8-9,12-13,17H,3,6-7H2,1-2H3,(H,15,18,20)/t8?,9-,12?,13-/m1/s1. The summed E-state index contributed by atoms with van der Waals surface area (Å²) in [5.41, 5.74) is -1.18. The third-order valence-electron chi connectivity index (χ3n) is 3.78.